The second kappa shape index (κ2) is 8.70. The first-order valence-corrected chi connectivity index (χ1v) is 10.0. The molecule has 0 aliphatic carbocycles. The Morgan fingerprint density at radius 2 is 2.00 bits per heavy atom. The Hall–Kier alpha value is -3.66. The highest BCUT2D eigenvalue weighted by molar-refractivity contribution is 6.30. The molecule has 1 aromatic carbocycles. The van der Waals surface area contributed by atoms with Gasteiger partial charge in [-0.25, -0.2) is 8.78 Å². The van der Waals surface area contributed by atoms with Crippen molar-refractivity contribution in [1.82, 2.24) is 9.97 Å². The van der Waals surface area contributed by atoms with Crippen LogP contribution in [0.5, 0.6) is 5.88 Å². The summed E-state index contributed by atoms with van der Waals surface area (Å²) < 4.78 is 47.8. The van der Waals surface area contributed by atoms with Gasteiger partial charge in [0, 0.05) is 17.3 Å². The van der Waals surface area contributed by atoms with Crippen molar-refractivity contribution in [3.05, 3.63) is 64.8 Å². The lowest BCUT2D eigenvalue weighted by atomic mass is 9.98. The summed E-state index contributed by atoms with van der Waals surface area (Å²) in [6.07, 6.45) is 0.925. The van der Waals surface area contributed by atoms with Crippen LogP contribution < -0.4 is 15.0 Å². The van der Waals surface area contributed by atoms with E-state index in [1.54, 1.807) is 0 Å². The Balaban J connectivity index is 1.79. The number of nitrogens with one attached hydrogen (secondary N) is 1. The first-order valence-electron chi connectivity index (χ1n) is 9.66. The average molecular weight is 477 g/mol. The van der Waals surface area contributed by atoms with Crippen LogP contribution in [-0.2, 0) is 9.59 Å². The SMILES string of the molecule is COc1cc2c(c(F)n1)-c1cc(F)cnc1[C@H](C)C(=O)N2CC(=O)Nc1ccc(Cl)c(F)c1. The van der Waals surface area contributed by atoms with Gasteiger partial charge >= 0.3 is 0 Å². The van der Waals surface area contributed by atoms with Crippen LogP contribution in [-0.4, -0.2) is 35.4 Å². The van der Waals surface area contributed by atoms with E-state index < -0.39 is 41.9 Å². The number of pyridine rings is 2. The standard InChI is InChI=1S/C22H16ClF3N4O3/c1-10-20-13(5-11(24)8-27-20)19-16(7-18(33-2)29-21(19)26)30(22(10)32)9-17(31)28-12-3-4-14(23)15(25)6-12/h3-8,10H,9H2,1-2H3,(H,28,31)/t10-/m0/s1. The highest BCUT2D eigenvalue weighted by Gasteiger charge is 2.36. The normalized spacial score (nSPS) is 14.9. The fourth-order valence-corrected chi connectivity index (χ4v) is 3.71. The molecule has 1 N–H and O–H groups in total. The maximum absolute atomic E-state index is 15.1. The molecule has 33 heavy (non-hydrogen) atoms. The summed E-state index contributed by atoms with van der Waals surface area (Å²) in [5.74, 6) is -4.84. The van der Waals surface area contributed by atoms with E-state index in [1.807, 2.05) is 0 Å². The molecule has 3 aromatic rings. The average Bonchev–Trinajstić information content (AvgIpc) is 2.85. The summed E-state index contributed by atoms with van der Waals surface area (Å²) in [5, 5.41) is 2.35. The van der Waals surface area contributed by atoms with Crippen molar-refractivity contribution in [3.63, 3.8) is 0 Å². The van der Waals surface area contributed by atoms with Crippen LogP contribution >= 0.6 is 11.6 Å². The van der Waals surface area contributed by atoms with Crippen molar-refractivity contribution in [2.45, 2.75) is 12.8 Å². The van der Waals surface area contributed by atoms with Crippen LogP contribution in [0, 0.1) is 17.6 Å². The number of aromatic nitrogens is 2. The molecule has 2 aromatic heterocycles. The van der Waals surface area contributed by atoms with Gasteiger partial charge in [-0.15, -0.1) is 0 Å². The van der Waals surface area contributed by atoms with Gasteiger partial charge in [0.05, 0.1) is 41.2 Å². The van der Waals surface area contributed by atoms with Gasteiger partial charge in [0.15, 0.2) is 0 Å². The van der Waals surface area contributed by atoms with E-state index in [9.17, 15) is 18.4 Å². The molecular weight excluding hydrogens is 461 g/mol. The number of nitrogens with zero attached hydrogens (tertiary/aromatic N) is 3. The highest BCUT2D eigenvalue weighted by atomic mass is 35.5. The van der Waals surface area contributed by atoms with Crippen LogP contribution in [0.4, 0.5) is 24.5 Å². The van der Waals surface area contributed by atoms with E-state index >= 15 is 4.39 Å². The zero-order valence-electron chi connectivity index (χ0n) is 17.3. The monoisotopic (exact) mass is 476 g/mol. The number of benzene rings is 1. The summed E-state index contributed by atoms with van der Waals surface area (Å²) in [5.41, 5.74) is 0.0564. The predicted molar refractivity (Wildman–Crippen MR) is 115 cm³/mol. The smallest absolute Gasteiger partial charge is 0.244 e. The van der Waals surface area contributed by atoms with Crippen LogP contribution in [0.15, 0.2) is 36.5 Å². The molecule has 2 amide bonds. The van der Waals surface area contributed by atoms with Gasteiger partial charge in [-0.05, 0) is 31.2 Å². The minimum atomic E-state index is -1.02. The minimum Gasteiger partial charge on any atom is -0.481 e. The molecule has 170 valence electrons. The van der Waals surface area contributed by atoms with Gasteiger partial charge in [0.2, 0.25) is 23.6 Å². The number of rotatable bonds is 4. The molecule has 7 nitrogen and oxygen atoms in total. The fraction of sp³-hybridized carbons (Fsp3) is 0.182. The van der Waals surface area contributed by atoms with Crippen molar-refractivity contribution in [3.8, 4) is 17.0 Å². The third-order valence-corrected chi connectivity index (χ3v) is 5.44. The molecule has 1 aliphatic heterocycles. The summed E-state index contributed by atoms with van der Waals surface area (Å²) in [6.45, 7) is 0.962. The number of anilines is 2. The topological polar surface area (TPSA) is 84.4 Å². The van der Waals surface area contributed by atoms with Gasteiger partial charge in [0.25, 0.3) is 0 Å². The first kappa shape index (κ1) is 22.5. The fourth-order valence-electron chi connectivity index (χ4n) is 3.59. The van der Waals surface area contributed by atoms with Crippen LogP contribution in [0.2, 0.25) is 5.02 Å². The molecule has 4 rings (SSSR count). The van der Waals surface area contributed by atoms with Gasteiger partial charge in [-0.2, -0.15) is 9.37 Å². The summed E-state index contributed by atoms with van der Waals surface area (Å²) in [7, 11) is 1.26. The van der Waals surface area contributed by atoms with Gasteiger partial charge in [0.1, 0.15) is 18.2 Å². The third kappa shape index (κ3) is 4.21. The molecule has 3 heterocycles. The molecule has 0 spiro atoms. The molecular formula is C22H16ClF3N4O3. The van der Waals surface area contributed by atoms with Crippen LogP contribution in [0.3, 0.4) is 0 Å². The van der Waals surface area contributed by atoms with E-state index in [1.165, 1.54) is 32.2 Å². The summed E-state index contributed by atoms with van der Waals surface area (Å²) in [4.78, 5) is 34.8. The lowest BCUT2D eigenvalue weighted by Gasteiger charge is -2.24. The number of methoxy groups -OCH3 is 1. The maximum atomic E-state index is 15.1. The largest absolute Gasteiger partial charge is 0.481 e. The van der Waals surface area contributed by atoms with E-state index in [2.05, 4.69) is 15.3 Å². The second-order valence-corrected chi connectivity index (χ2v) is 7.67. The number of ether oxygens (including phenoxy) is 1. The zero-order chi connectivity index (χ0) is 23.9. The van der Waals surface area contributed by atoms with Crippen molar-refractivity contribution in [2.75, 3.05) is 23.9 Å². The van der Waals surface area contributed by atoms with E-state index in [0.717, 1.165) is 23.2 Å². The zero-order valence-corrected chi connectivity index (χ0v) is 18.1. The molecule has 0 radical (unpaired) electrons. The van der Waals surface area contributed by atoms with Gasteiger partial charge < -0.3 is 15.0 Å². The van der Waals surface area contributed by atoms with E-state index in [4.69, 9.17) is 16.3 Å². The number of hydrogen-bond acceptors (Lipinski definition) is 5. The first-order chi connectivity index (χ1) is 15.7. The Kier molecular flexibility index (Phi) is 5.94. The number of halogens is 4. The quantitative estimate of drug-likeness (QED) is 0.567. The molecule has 0 saturated carbocycles. The van der Waals surface area contributed by atoms with Crippen molar-refractivity contribution in [2.24, 2.45) is 0 Å². The molecule has 1 atom stereocenters. The number of amides is 2. The molecule has 0 fully saturated rings. The van der Waals surface area contributed by atoms with Crippen molar-refractivity contribution in [1.29, 1.82) is 0 Å². The molecule has 0 bridgehead atoms. The third-order valence-electron chi connectivity index (χ3n) is 5.14. The lowest BCUT2D eigenvalue weighted by molar-refractivity contribution is -0.122. The Morgan fingerprint density at radius 1 is 1.24 bits per heavy atom. The van der Waals surface area contributed by atoms with Crippen molar-refractivity contribution < 1.29 is 27.5 Å². The van der Waals surface area contributed by atoms with Gasteiger partial charge in [-0.3, -0.25) is 14.6 Å². The number of carbonyl (C=O) groups excluding carboxylic acids is 2. The Bertz CT molecular complexity index is 1290. The van der Waals surface area contributed by atoms with E-state index in [0.29, 0.717) is 0 Å². The number of hydrogen-bond donors (Lipinski definition) is 1. The van der Waals surface area contributed by atoms with Crippen LogP contribution in [0.1, 0.15) is 18.5 Å². The number of carbonyl (C=O) groups is 2. The second-order valence-electron chi connectivity index (χ2n) is 7.26. The summed E-state index contributed by atoms with van der Waals surface area (Å²) in [6, 6.07) is 6.01. The number of fused-ring (bicyclic) bond motifs is 3. The van der Waals surface area contributed by atoms with E-state index in [-0.39, 0.29) is 39.1 Å². The van der Waals surface area contributed by atoms with Crippen molar-refractivity contribution >= 4 is 34.8 Å². The van der Waals surface area contributed by atoms with Crippen LogP contribution in [0.25, 0.3) is 11.1 Å². The summed E-state index contributed by atoms with van der Waals surface area (Å²) >= 11 is 5.65. The van der Waals surface area contributed by atoms with Gasteiger partial charge in [-0.1, -0.05) is 11.6 Å². The molecule has 0 unspecified atom stereocenters. The Morgan fingerprint density at radius 3 is 2.70 bits per heavy atom. The Labute approximate surface area is 191 Å². The predicted octanol–water partition coefficient (Wildman–Crippen LogP) is 4.31. The molecule has 0 saturated heterocycles. The molecule has 1 aliphatic rings. The maximum Gasteiger partial charge on any atom is 0.244 e. The highest BCUT2D eigenvalue weighted by Crippen LogP contribution is 2.42. The lowest BCUT2D eigenvalue weighted by Crippen LogP contribution is -2.40. The molecule has 11 heteroatoms. The minimum absolute atomic E-state index is 0.0419.